The number of aliphatic hydroxyl groups excluding tert-OH is 1. The maximum atomic E-state index is 12.4. The lowest BCUT2D eigenvalue weighted by Gasteiger charge is -2.17. The number of nitrogens with one attached hydrogen (secondary N) is 1. The van der Waals surface area contributed by atoms with Crippen molar-refractivity contribution in [3.05, 3.63) is 91.0 Å². The van der Waals surface area contributed by atoms with E-state index in [1.165, 1.54) is 7.11 Å². The summed E-state index contributed by atoms with van der Waals surface area (Å²) in [6.07, 6.45) is 7.72. The Labute approximate surface area is 288 Å². The lowest BCUT2D eigenvalue weighted by molar-refractivity contribution is -0.141. The quantitative estimate of drug-likeness (QED) is 0.139. The summed E-state index contributed by atoms with van der Waals surface area (Å²) in [6, 6.07) is 0. The summed E-state index contributed by atoms with van der Waals surface area (Å²) in [5.74, 6) is 5.65. The van der Waals surface area contributed by atoms with Gasteiger partial charge in [-0.2, -0.15) is 0 Å². The zero-order valence-electron chi connectivity index (χ0n) is 29.4. The molecule has 0 aromatic rings. The fourth-order valence-electron chi connectivity index (χ4n) is 7.74. The molecule has 1 saturated heterocycles. The third-order valence-corrected chi connectivity index (χ3v) is 10.5. The van der Waals surface area contributed by atoms with E-state index in [0.717, 1.165) is 103 Å². The molecule has 0 saturated carbocycles. The van der Waals surface area contributed by atoms with Gasteiger partial charge in [0.1, 0.15) is 5.76 Å². The summed E-state index contributed by atoms with van der Waals surface area (Å²) in [5, 5.41) is 24.3. The van der Waals surface area contributed by atoms with Crippen LogP contribution in [-0.2, 0) is 14.3 Å². The van der Waals surface area contributed by atoms with Gasteiger partial charge in [-0.25, -0.2) is 15.0 Å². The smallest absolute Gasteiger partial charge is 0.305 e. The van der Waals surface area contributed by atoms with Gasteiger partial charge in [0.05, 0.1) is 46.9 Å². The largest absolute Gasteiger partial charge is 0.511 e. The topological polar surface area (TPSA) is 133 Å². The number of carbonyl (C=O) groups is 2. The van der Waals surface area contributed by atoms with Gasteiger partial charge in [0.2, 0.25) is 0 Å². The number of methoxy groups -OCH3 is 1. The molecular weight excluding hydrogens is 616 g/mol. The number of ether oxygens (including phenoxy) is 1. The van der Waals surface area contributed by atoms with E-state index in [1.807, 2.05) is 13.0 Å². The summed E-state index contributed by atoms with van der Waals surface area (Å²) in [7, 11) is 1.40. The normalized spacial score (nSPS) is 22.7. The predicted molar refractivity (Wildman–Crippen MR) is 192 cm³/mol. The van der Waals surface area contributed by atoms with Crippen LogP contribution in [0.2, 0.25) is 0 Å². The number of rotatable bonds is 8. The Morgan fingerprint density at radius 3 is 2.37 bits per heavy atom. The minimum absolute atomic E-state index is 0.0510. The van der Waals surface area contributed by atoms with Gasteiger partial charge in [-0.05, 0) is 86.5 Å². The average Bonchev–Trinajstić information content (AvgIpc) is 3.83. The summed E-state index contributed by atoms with van der Waals surface area (Å²) in [5.41, 5.74) is 14.5. The van der Waals surface area contributed by atoms with E-state index in [4.69, 9.17) is 19.7 Å². The number of nitrogens with zero attached hydrogens (tertiary/aromatic N) is 3. The van der Waals surface area contributed by atoms with Crippen molar-refractivity contribution in [3.8, 4) is 11.8 Å². The number of carboxylic acids is 1. The van der Waals surface area contributed by atoms with Crippen molar-refractivity contribution in [3.63, 3.8) is 0 Å². The molecule has 9 heteroatoms. The molecule has 0 amide bonds. The van der Waals surface area contributed by atoms with Crippen molar-refractivity contribution >= 4 is 29.1 Å². The first-order valence-corrected chi connectivity index (χ1v) is 17.2. The first kappa shape index (κ1) is 33.9. The highest BCUT2D eigenvalue weighted by molar-refractivity contribution is 6.22. The van der Waals surface area contributed by atoms with E-state index in [0.29, 0.717) is 25.7 Å². The molecule has 254 valence electrons. The summed E-state index contributed by atoms with van der Waals surface area (Å²) < 4.78 is 5.03. The molecular formula is C40H44N4O5. The molecule has 5 heterocycles. The molecule has 6 aliphatic rings. The van der Waals surface area contributed by atoms with Gasteiger partial charge in [-0.1, -0.05) is 32.6 Å². The Balaban J connectivity index is 1.63. The Kier molecular flexibility index (Phi) is 9.35. The number of aliphatic carboxylic acids is 1. The van der Waals surface area contributed by atoms with Gasteiger partial charge in [0, 0.05) is 60.1 Å². The molecule has 2 atom stereocenters. The van der Waals surface area contributed by atoms with Crippen molar-refractivity contribution in [1.29, 1.82) is 0 Å². The lowest BCUT2D eigenvalue weighted by Crippen LogP contribution is -2.16. The van der Waals surface area contributed by atoms with E-state index in [1.54, 1.807) is 0 Å². The van der Waals surface area contributed by atoms with Crippen LogP contribution in [0.25, 0.3) is 0 Å². The Morgan fingerprint density at radius 1 is 0.959 bits per heavy atom. The highest BCUT2D eigenvalue weighted by Gasteiger charge is 2.42. The third-order valence-electron chi connectivity index (χ3n) is 10.5. The fraction of sp³-hybridized carbons (Fsp3) is 0.425. The second-order valence-corrected chi connectivity index (χ2v) is 13.3. The molecule has 3 N–H and O–H groups in total. The maximum Gasteiger partial charge on any atom is 0.305 e. The zero-order valence-corrected chi connectivity index (χ0v) is 29.4. The highest BCUT2D eigenvalue weighted by atomic mass is 16.5. The van der Waals surface area contributed by atoms with Crippen molar-refractivity contribution in [1.82, 2.24) is 5.32 Å². The molecule has 6 rings (SSSR count). The number of hydrogen-bond acceptors (Lipinski definition) is 8. The van der Waals surface area contributed by atoms with Gasteiger partial charge < -0.3 is 20.3 Å². The minimum atomic E-state index is -0.843. The first-order chi connectivity index (χ1) is 23.5. The van der Waals surface area contributed by atoms with Crippen LogP contribution in [-0.4, -0.2) is 46.4 Å². The van der Waals surface area contributed by atoms with E-state index in [9.17, 15) is 19.8 Å². The Morgan fingerprint density at radius 2 is 1.67 bits per heavy atom. The number of fused-ring (bicyclic) bond motifs is 5. The van der Waals surface area contributed by atoms with Crippen molar-refractivity contribution < 1.29 is 24.5 Å². The monoisotopic (exact) mass is 660 g/mol. The number of aliphatic hydroxyl groups is 1. The van der Waals surface area contributed by atoms with Gasteiger partial charge in [0.25, 0.3) is 0 Å². The molecule has 0 spiro atoms. The Bertz CT molecular complexity index is 1990. The van der Waals surface area contributed by atoms with Crippen molar-refractivity contribution in [2.45, 2.75) is 92.9 Å². The molecule has 0 unspecified atom stereocenters. The van der Waals surface area contributed by atoms with Crippen LogP contribution in [0.4, 0.5) is 0 Å². The lowest BCUT2D eigenvalue weighted by atomic mass is 9.84. The number of carboxylic acid groups (broad SMARTS) is 1. The number of esters is 1. The van der Waals surface area contributed by atoms with Crippen molar-refractivity contribution in [2.24, 2.45) is 26.8 Å². The highest BCUT2D eigenvalue weighted by Crippen LogP contribution is 2.47. The summed E-state index contributed by atoms with van der Waals surface area (Å²) in [4.78, 5) is 39.1. The standard InChI is InChI=1S/C40H44N4O5/c1-8-24-20(3)29-18-32-25(9-2)21(4)37(43-32)27(13-11-10-12-14-34(46)47)38-22(5)26(15-16-35(48)49-7)39(44-38)28-17-33(45)36-23(6)30(42-40(28)36)19-31(24)41-29/h18-19,22,26,44-45H,8-10,12,14-17H2,1-7H3,(H,46,47)/t22-,26-/m0/s1. The molecule has 5 aliphatic heterocycles. The van der Waals surface area contributed by atoms with Gasteiger partial charge >= 0.3 is 11.9 Å². The predicted octanol–water partition coefficient (Wildman–Crippen LogP) is 7.65. The first-order valence-electron chi connectivity index (χ1n) is 17.2. The molecule has 1 fully saturated rings. The number of allylic oxidation sites excluding steroid dienone is 12. The molecule has 49 heavy (non-hydrogen) atoms. The van der Waals surface area contributed by atoms with Crippen LogP contribution < -0.4 is 5.32 Å². The fourth-order valence-corrected chi connectivity index (χ4v) is 7.74. The molecule has 8 bridgehead atoms. The molecule has 1 aliphatic carbocycles. The van der Waals surface area contributed by atoms with E-state index in [2.05, 4.69) is 57.9 Å². The van der Waals surface area contributed by atoms with Crippen LogP contribution in [0.15, 0.2) is 106 Å². The number of aliphatic imine (C=N–C) groups is 3. The van der Waals surface area contributed by atoms with Gasteiger partial charge in [0.15, 0.2) is 0 Å². The second-order valence-electron chi connectivity index (χ2n) is 13.3. The van der Waals surface area contributed by atoms with Crippen LogP contribution in [0, 0.1) is 23.7 Å². The van der Waals surface area contributed by atoms with Crippen LogP contribution in [0.5, 0.6) is 0 Å². The third kappa shape index (κ3) is 5.98. The molecule has 0 aromatic heterocycles. The number of carbonyl (C=O) groups excluding carboxylic acids is 1. The zero-order chi connectivity index (χ0) is 35.1. The van der Waals surface area contributed by atoms with E-state index < -0.39 is 5.97 Å². The summed E-state index contributed by atoms with van der Waals surface area (Å²) in [6.45, 7) is 12.6. The van der Waals surface area contributed by atoms with Crippen LogP contribution in [0.3, 0.4) is 0 Å². The van der Waals surface area contributed by atoms with E-state index >= 15 is 0 Å². The summed E-state index contributed by atoms with van der Waals surface area (Å²) >= 11 is 0. The number of unbranched alkanes of at least 4 members (excludes halogenated alkanes) is 1. The van der Waals surface area contributed by atoms with E-state index in [-0.39, 0.29) is 36.4 Å². The maximum absolute atomic E-state index is 12.4. The second kappa shape index (κ2) is 13.5. The average molecular weight is 661 g/mol. The van der Waals surface area contributed by atoms with Crippen molar-refractivity contribution in [2.75, 3.05) is 7.11 Å². The van der Waals surface area contributed by atoms with Crippen LogP contribution in [0.1, 0.15) is 92.9 Å². The SMILES string of the molecule is CCC1=C(C)C2=NC1=CC1=C(C)C3=C(O)CC(=C4NC(=C(C#CCCCC(=O)O)C5=NC(=C2)C(CC)=C5C)[C@@H](C)[C@@H]4CCC(=O)OC)C3=N1. The van der Waals surface area contributed by atoms with Gasteiger partial charge in [-0.3, -0.25) is 9.59 Å². The van der Waals surface area contributed by atoms with Crippen LogP contribution >= 0.6 is 0 Å². The molecule has 9 nitrogen and oxygen atoms in total. The van der Waals surface area contributed by atoms with Gasteiger partial charge in [-0.15, -0.1) is 0 Å². The minimum Gasteiger partial charge on any atom is -0.511 e. The number of hydrogen-bond donors (Lipinski definition) is 3. The molecule has 0 radical (unpaired) electrons. The molecule has 0 aromatic carbocycles. The Hall–Kier alpha value is -4.97.